The number of rotatable bonds is 8. The van der Waals surface area contributed by atoms with Crippen molar-refractivity contribution < 1.29 is 14.0 Å². The number of nitrogens with one attached hydrogen (secondary N) is 1. The molecule has 1 unspecified atom stereocenters. The van der Waals surface area contributed by atoms with E-state index in [1.165, 1.54) is 18.2 Å². The van der Waals surface area contributed by atoms with Crippen LogP contribution in [0, 0.1) is 11.7 Å². The van der Waals surface area contributed by atoms with Crippen LogP contribution < -0.4 is 10.2 Å². The van der Waals surface area contributed by atoms with Gasteiger partial charge in [0.1, 0.15) is 5.82 Å². The Labute approximate surface area is 211 Å². The van der Waals surface area contributed by atoms with Crippen molar-refractivity contribution in [1.82, 2.24) is 4.90 Å². The van der Waals surface area contributed by atoms with Crippen molar-refractivity contribution in [2.75, 3.05) is 24.3 Å². The maximum Gasteiger partial charge on any atom is 0.257 e. The van der Waals surface area contributed by atoms with E-state index in [0.717, 1.165) is 11.3 Å². The summed E-state index contributed by atoms with van der Waals surface area (Å²) in [5.41, 5.74) is 3.03. The lowest BCUT2D eigenvalue weighted by Crippen LogP contribution is -2.41. The van der Waals surface area contributed by atoms with Crippen LogP contribution in [0.5, 0.6) is 0 Å². The summed E-state index contributed by atoms with van der Waals surface area (Å²) in [6.45, 7) is 6.37. The third kappa shape index (κ3) is 6.40. The van der Waals surface area contributed by atoms with E-state index >= 15 is 0 Å². The van der Waals surface area contributed by atoms with Gasteiger partial charge in [-0.3, -0.25) is 9.59 Å². The maximum atomic E-state index is 13.9. The molecular weight excluding hydrogens is 465 g/mol. The second-order valence-corrected chi connectivity index (χ2v) is 9.51. The number of benzene rings is 3. The minimum Gasteiger partial charge on any atom is -0.377 e. The minimum absolute atomic E-state index is 0.109. The highest BCUT2D eigenvalue weighted by Crippen LogP contribution is 2.28. The molecular formula is C28H31ClFN3O2. The van der Waals surface area contributed by atoms with E-state index in [9.17, 15) is 14.0 Å². The van der Waals surface area contributed by atoms with Crippen LogP contribution in [0.4, 0.5) is 15.8 Å². The molecule has 0 saturated heterocycles. The Morgan fingerprint density at radius 2 is 1.69 bits per heavy atom. The van der Waals surface area contributed by atoms with Crippen molar-refractivity contribution in [2.45, 2.75) is 33.4 Å². The summed E-state index contributed by atoms with van der Waals surface area (Å²) in [4.78, 5) is 30.0. The second-order valence-electron chi connectivity index (χ2n) is 9.10. The molecule has 0 spiro atoms. The van der Waals surface area contributed by atoms with Crippen molar-refractivity contribution in [1.29, 1.82) is 0 Å². The standard InChI is InChI=1S/C28H31ClFN3O2/c1-18(2)19(3)33(28(35)20-9-8-10-22(30)15-20)17-21-16-23(13-14-26(21)32(4)5)31-27(34)24-11-6-7-12-25(24)29/h6-16,18-19H,17H2,1-5H3,(H,31,34). The number of carbonyl (C=O) groups excluding carboxylic acids is 2. The highest BCUT2D eigenvalue weighted by Gasteiger charge is 2.26. The third-order valence-corrected chi connectivity index (χ3v) is 6.40. The van der Waals surface area contributed by atoms with Gasteiger partial charge in [0, 0.05) is 43.6 Å². The second kappa shape index (κ2) is 11.4. The van der Waals surface area contributed by atoms with E-state index < -0.39 is 5.82 Å². The highest BCUT2D eigenvalue weighted by molar-refractivity contribution is 6.34. The fourth-order valence-electron chi connectivity index (χ4n) is 3.80. The van der Waals surface area contributed by atoms with Crippen molar-refractivity contribution in [2.24, 2.45) is 5.92 Å². The molecule has 0 radical (unpaired) electrons. The quantitative estimate of drug-likeness (QED) is 0.389. The molecule has 0 fully saturated rings. The lowest BCUT2D eigenvalue weighted by atomic mass is 10.0. The number of anilines is 2. The molecule has 7 heteroatoms. The zero-order valence-corrected chi connectivity index (χ0v) is 21.4. The van der Waals surface area contributed by atoms with Gasteiger partial charge >= 0.3 is 0 Å². The summed E-state index contributed by atoms with van der Waals surface area (Å²) in [6.07, 6.45) is 0. The van der Waals surface area contributed by atoms with E-state index in [-0.39, 0.29) is 30.3 Å². The van der Waals surface area contributed by atoms with Crippen LogP contribution in [0.15, 0.2) is 66.7 Å². The van der Waals surface area contributed by atoms with Gasteiger partial charge in [-0.15, -0.1) is 0 Å². The van der Waals surface area contributed by atoms with Gasteiger partial charge < -0.3 is 15.1 Å². The first kappa shape index (κ1) is 26.2. The summed E-state index contributed by atoms with van der Waals surface area (Å²) in [5, 5.41) is 3.27. The van der Waals surface area contributed by atoms with Gasteiger partial charge in [-0.05, 0) is 66.9 Å². The summed E-state index contributed by atoms with van der Waals surface area (Å²) < 4.78 is 13.9. The number of amides is 2. The molecule has 3 aromatic carbocycles. The average Bonchev–Trinajstić information content (AvgIpc) is 2.81. The summed E-state index contributed by atoms with van der Waals surface area (Å²) in [7, 11) is 3.84. The molecule has 0 aliphatic rings. The predicted octanol–water partition coefficient (Wildman–Crippen LogP) is 6.48. The Bertz CT molecular complexity index is 1210. The zero-order valence-electron chi connectivity index (χ0n) is 20.7. The lowest BCUT2D eigenvalue weighted by molar-refractivity contribution is 0.0627. The van der Waals surface area contributed by atoms with Gasteiger partial charge in [-0.2, -0.15) is 0 Å². The topological polar surface area (TPSA) is 52.7 Å². The molecule has 184 valence electrons. The van der Waals surface area contributed by atoms with Gasteiger partial charge in [0.15, 0.2) is 0 Å². The Hall–Kier alpha value is -3.38. The normalized spacial score (nSPS) is 11.8. The monoisotopic (exact) mass is 495 g/mol. The van der Waals surface area contributed by atoms with Crippen LogP contribution in [-0.2, 0) is 6.54 Å². The molecule has 5 nitrogen and oxygen atoms in total. The Kier molecular flexibility index (Phi) is 8.52. The number of hydrogen-bond donors (Lipinski definition) is 1. The Balaban J connectivity index is 1.97. The molecule has 1 N–H and O–H groups in total. The first-order chi connectivity index (χ1) is 16.6. The first-order valence-corrected chi connectivity index (χ1v) is 11.9. The van der Waals surface area contributed by atoms with Crippen LogP contribution in [0.25, 0.3) is 0 Å². The van der Waals surface area contributed by atoms with Crippen LogP contribution in [0.3, 0.4) is 0 Å². The lowest BCUT2D eigenvalue weighted by Gasteiger charge is -2.33. The minimum atomic E-state index is -0.453. The number of hydrogen-bond acceptors (Lipinski definition) is 3. The van der Waals surface area contributed by atoms with E-state index in [0.29, 0.717) is 21.8 Å². The van der Waals surface area contributed by atoms with E-state index in [1.807, 2.05) is 58.0 Å². The zero-order chi connectivity index (χ0) is 25.7. The van der Waals surface area contributed by atoms with E-state index in [1.54, 1.807) is 35.2 Å². The van der Waals surface area contributed by atoms with Crippen LogP contribution in [0.2, 0.25) is 5.02 Å². The summed E-state index contributed by atoms with van der Waals surface area (Å²) in [6, 6.07) is 18.1. The van der Waals surface area contributed by atoms with Crippen molar-refractivity contribution >= 4 is 34.8 Å². The highest BCUT2D eigenvalue weighted by atomic mass is 35.5. The predicted molar refractivity (Wildman–Crippen MR) is 141 cm³/mol. The molecule has 0 aliphatic heterocycles. The van der Waals surface area contributed by atoms with Gasteiger partial charge in [0.05, 0.1) is 10.6 Å². The Morgan fingerprint density at radius 1 is 0.971 bits per heavy atom. The molecule has 3 rings (SSSR count). The number of carbonyl (C=O) groups is 2. The maximum absolute atomic E-state index is 13.9. The van der Waals surface area contributed by atoms with Gasteiger partial charge in [0.2, 0.25) is 0 Å². The number of nitrogens with zero attached hydrogens (tertiary/aromatic N) is 2. The van der Waals surface area contributed by atoms with Crippen LogP contribution in [-0.4, -0.2) is 36.9 Å². The fraction of sp³-hybridized carbons (Fsp3) is 0.286. The van der Waals surface area contributed by atoms with Crippen molar-refractivity contribution in [3.8, 4) is 0 Å². The van der Waals surface area contributed by atoms with Crippen LogP contribution in [0.1, 0.15) is 47.1 Å². The Morgan fingerprint density at radius 3 is 2.31 bits per heavy atom. The molecule has 0 aliphatic carbocycles. The molecule has 35 heavy (non-hydrogen) atoms. The van der Waals surface area contributed by atoms with Crippen molar-refractivity contribution in [3.05, 3.63) is 94.3 Å². The molecule has 0 saturated carbocycles. The largest absolute Gasteiger partial charge is 0.377 e. The smallest absolute Gasteiger partial charge is 0.257 e. The molecule has 0 heterocycles. The summed E-state index contributed by atoms with van der Waals surface area (Å²) in [5.74, 6) is -0.840. The molecule has 1 atom stereocenters. The molecule has 0 bridgehead atoms. The fourth-order valence-corrected chi connectivity index (χ4v) is 4.02. The number of halogens is 2. The van der Waals surface area contributed by atoms with Gasteiger partial charge in [-0.1, -0.05) is 43.6 Å². The van der Waals surface area contributed by atoms with Crippen molar-refractivity contribution in [3.63, 3.8) is 0 Å². The van der Waals surface area contributed by atoms with Gasteiger partial charge in [-0.25, -0.2) is 4.39 Å². The molecule has 0 aromatic heterocycles. The van der Waals surface area contributed by atoms with E-state index in [2.05, 4.69) is 5.32 Å². The third-order valence-electron chi connectivity index (χ3n) is 6.07. The summed E-state index contributed by atoms with van der Waals surface area (Å²) >= 11 is 6.18. The molecule has 3 aromatic rings. The first-order valence-electron chi connectivity index (χ1n) is 11.5. The molecule has 2 amide bonds. The van der Waals surface area contributed by atoms with E-state index in [4.69, 9.17) is 11.6 Å². The van der Waals surface area contributed by atoms with Gasteiger partial charge in [0.25, 0.3) is 11.8 Å². The average molecular weight is 496 g/mol. The van der Waals surface area contributed by atoms with Crippen LogP contribution >= 0.6 is 11.6 Å². The SMILES string of the molecule is CC(C)C(C)N(Cc1cc(NC(=O)c2ccccc2Cl)ccc1N(C)C)C(=O)c1cccc(F)c1.